The average Bonchev–Trinajstić information content (AvgIpc) is 2.82. The summed E-state index contributed by atoms with van der Waals surface area (Å²) < 4.78 is 23.6. The number of rotatable bonds is 6. The third-order valence-corrected chi connectivity index (χ3v) is 4.22. The molecule has 15 heavy (non-hydrogen) atoms. The van der Waals surface area contributed by atoms with E-state index in [1.807, 2.05) is 0 Å². The fourth-order valence-electron chi connectivity index (χ4n) is 1.11. The molecule has 1 rings (SSSR count). The summed E-state index contributed by atoms with van der Waals surface area (Å²) in [5, 5.41) is 16.3. The highest BCUT2D eigenvalue weighted by Crippen LogP contribution is 2.30. The lowest BCUT2D eigenvalue weighted by Gasteiger charge is -2.17. The Morgan fingerprint density at radius 3 is 1.80 bits per heavy atom. The van der Waals surface area contributed by atoms with Crippen molar-refractivity contribution in [3.05, 3.63) is 0 Å². The third kappa shape index (κ3) is 3.17. The molecule has 7 nitrogen and oxygen atoms in total. The predicted octanol–water partition coefficient (Wildman–Crippen LogP) is -1.05. The number of sulfonamides is 1. The zero-order chi connectivity index (χ0) is 11.6. The summed E-state index contributed by atoms with van der Waals surface area (Å²) in [5.74, 6) is -2.72. The third-order valence-electron chi connectivity index (χ3n) is 1.93. The van der Waals surface area contributed by atoms with Crippen LogP contribution in [0.15, 0.2) is 0 Å². The summed E-state index contributed by atoms with van der Waals surface area (Å²) in [6.45, 7) is -1.60. The molecule has 1 fully saturated rings. The summed E-state index contributed by atoms with van der Waals surface area (Å²) in [5.41, 5.74) is 0. The first-order valence-electron chi connectivity index (χ1n) is 4.26. The minimum Gasteiger partial charge on any atom is -0.480 e. The van der Waals surface area contributed by atoms with Gasteiger partial charge in [0.25, 0.3) is 0 Å². The maximum absolute atomic E-state index is 11.6. The Labute approximate surface area is 86.4 Å². The molecule has 1 aliphatic rings. The van der Waals surface area contributed by atoms with Gasteiger partial charge in [-0.2, -0.15) is 4.31 Å². The van der Waals surface area contributed by atoms with Gasteiger partial charge in [-0.25, -0.2) is 8.42 Å². The van der Waals surface area contributed by atoms with Gasteiger partial charge < -0.3 is 10.2 Å². The largest absolute Gasteiger partial charge is 0.480 e. The van der Waals surface area contributed by atoms with E-state index in [4.69, 9.17) is 10.2 Å². The number of nitrogens with zero attached hydrogens (tertiary/aromatic N) is 1. The smallest absolute Gasteiger partial charge is 0.318 e. The molecule has 86 valence electrons. The van der Waals surface area contributed by atoms with Gasteiger partial charge in [-0.1, -0.05) is 0 Å². The van der Waals surface area contributed by atoms with Crippen LogP contribution in [0, 0.1) is 0 Å². The van der Waals surface area contributed by atoms with Crippen LogP contribution in [0.3, 0.4) is 0 Å². The zero-order valence-corrected chi connectivity index (χ0v) is 8.61. The van der Waals surface area contributed by atoms with Crippen LogP contribution in [-0.2, 0) is 19.6 Å². The van der Waals surface area contributed by atoms with Crippen LogP contribution in [0.2, 0.25) is 0 Å². The topological polar surface area (TPSA) is 112 Å². The first kappa shape index (κ1) is 11.9. The molecule has 0 bridgehead atoms. The lowest BCUT2D eigenvalue weighted by atomic mass is 10.6. The van der Waals surface area contributed by atoms with Gasteiger partial charge in [0.05, 0.1) is 5.25 Å². The Morgan fingerprint density at radius 2 is 1.53 bits per heavy atom. The van der Waals surface area contributed by atoms with E-state index in [9.17, 15) is 18.0 Å². The minimum atomic E-state index is -3.75. The van der Waals surface area contributed by atoms with E-state index in [-0.39, 0.29) is 0 Å². The molecular weight excluding hydrogens is 226 g/mol. The predicted molar refractivity (Wildman–Crippen MR) is 48.8 cm³/mol. The van der Waals surface area contributed by atoms with Crippen LogP contribution < -0.4 is 0 Å². The second-order valence-corrected chi connectivity index (χ2v) is 5.51. The molecule has 0 aromatic rings. The van der Waals surface area contributed by atoms with Gasteiger partial charge in [-0.3, -0.25) is 9.59 Å². The van der Waals surface area contributed by atoms with Crippen molar-refractivity contribution in [3.8, 4) is 0 Å². The van der Waals surface area contributed by atoms with Crippen LogP contribution in [0.4, 0.5) is 0 Å². The molecule has 1 aliphatic carbocycles. The molecule has 0 aliphatic heterocycles. The van der Waals surface area contributed by atoms with Crippen molar-refractivity contribution in [2.75, 3.05) is 13.1 Å². The number of carboxylic acids is 2. The molecule has 1 saturated carbocycles. The van der Waals surface area contributed by atoms with Crippen molar-refractivity contribution in [2.45, 2.75) is 18.1 Å². The molecule has 0 saturated heterocycles. The molecule has 0 atom stereocenters. The van der Waals surface area contributed by atoms with Gasteiger partial charge in [0, 0.05) is 0 Å². The number of aliphatic carboxylic acids is 2. The molecule has 0 heterocycles. The van der Waals surface area contributed by atoms with Gasteiger partial charge in [0.15, 0.2) is 0 Å². The Hall–Kier alpha value is -1.15. The van der Waals surface area contributed by atoms with Gasteiger partial charge in [0.1, 0.15) is 13.1 Å². The van der Waals surface area contributed by atoms with Crippen LogP contribution in [0.5, 0.6) is 0 Å². The summed E-state index contributed by atoms with van der Waals surface area (Å²) in [6.07, 6.45) is 0.941. The van der Waals surface area contributed by atoms with E-state index in [0.29, 0.717) is 17.1 Å². The second-order valence-electron chi connectivity index (χ2n) is 3.30. The van der Waals surface area contributed by atoms with E-state index < -0.39 is 40.3 Å². The molecule has 8 heteroatoms. The Kier molecular flexibility index (Phi) is 3.30. The first-order chi connectivity index (χ1) is 6.84. The fraction of sp³-hybridized carbons (Fsp3) is 0.714. The van der Waals surface area contributed by atoms with E-state index in [2.05, 4.69) is 0 Å². The van der Waals surface area contributed by atoms with Crippen LogP contribution >= 0.6 is 0 Å². The molecule has 0 aromatic heterocycles. The zero-order valence-electron chi connectivity index (χ0n) is 7.79. The summed E-state index contributed by atoms with van der Waals surface area (Å²) >= 11 is 0. The maximum Gasteiger partial charge on any atom is 0.318 e. The van der Waals surface area contributed by atoms with Gasteiger partial charge in [-0.15, -0.1) is 0 Å². The van der Waals surface area contributed by atoms with Crippen molar-refractivity contribution in [1.82, 2.24) is 4.31 Å². The van der Waals surface area contributed by atoms with Crippen molar-refractivity contribution in [1.29, 1.82) is 0 Å². The van der Waals surface area contributed by atoms with Crippen molar-refractivity contribution in [2.24, 2.45) is 0 Å². The Bertz CT molecular complexity index is 355. The number of hydrogen-bond donors (Lipinski definition) is 2. The van der Waals surface area contributed by atoms with E-state index >= 15 is 0 Å². The number of carboxylic acid groups (broad SMARTS) is 2. The Balaban J connectivity index is 2.79. The lowest BCUT2D eigenvalue weighted by molar-refractivity contribution is -0.139. The lowest BCUT2D eigenvalue weighted by Crippen LogP contribution is -2.41. The Morgan fingerprint density at radius 1 is 1.13 bits per heavy atom. The summed E-state index contributed by atoms with van der Waals surface area (Å²) in [4.78, 5) is 20.8. The van der Waals surface area contributed by atoms with Crippen molar-refractivity contribution >= 4 is 22.0 Å². The molecule has 0 unspecified atom stereocenters. The van der Waals surface area contributed by atoms with Crippen molar-refractivity contribution < 1.29 is 28.2 Å². The van der Waals surface area contributed by atoms with Crippen LogP contribution in [0.1, 0.15) is 12.8 Å². The molecule has 0 amide bonds. The van der Waals surface area contributed by atoms with E-state index in [1.54, 1.807) is 0 Å². The highest BCUT2D eigenvalue weighted by atomic mass is 32.2. The number of hydrogen-bond acceptors (Lipinski definition) is 4. The average molecular weight is 237 g/mol. The molecule has 2 N–H and O–H groups in total. The summed E-state index contributed by atoms with van der Waals surface area (Å²) in [7, 11) is -3.75. The maximum atomic E-state index is 11.6. The van der Waals surface area contributed by atoms with Crippen molar-refractivity contribution in [3.63, 3.8) is 0 Å². The highest BCUT2D eigenvalue weighted by Gasteiger charge is 2.41. The normalized spacial score (nSPS) is 16.6. The molecular formula is C7H11NO6S. The summed E-state index contributed by atoms with van der Waals surface area (Å²) in [6, 6.07) is 0. The fourth-order valence-corrected chi connectivity index (χ4v) is 2.85. The van der Waals surface area contributed by atoms with E-state index in [1.165, 1.54) is 0 Å². The van der Waals surface area contributed by atoms with Gasteiger partial charge in [-0.05, 0) is 12.8 Å². The highest BCUT2D eigenvalue weighted by molar-refractivity contribution is 7.90. The van der Waals surface area contributed by atoms with Gasteiger partial charge in [0.2, 0.25) is 10.0 Å². The van der Waals surface area contributed by atoms with Crippen LogP contribution in [-0.4, -0.2) is 53.2 Å². The quantitative estimate of drug-likeness (QED) is 0.609. The molecule has 0 radical (unpaired) electrons. The first-order valence-corrected chi connectivity index (χ1v) is 5.77. The molecule has 0 aromatic carbocycles. The molecule has 0 spiro atoms. The number of carbonyl (C=O) groups is 2. The minimum absolute atomic E-state index is 0.470. The SMILES string of the molecule is O=C(O)CN(CC(=O)O)S(=O)(=O)C1CC1. The second kappa shape index (κ2) is 4.15. The monoisotopic (exact) mass is 237 g/mol. The van der Waals surface area contributed by atoms with Crippen LogP contribution in [0.25, 0.3) is 0 Å². The van der Waals surface area contributed by atoms with E-state index in [0.717, 1.165) is 0 Å². The standard InChI is InChI=1S/C7H11NO6S/c9-6(10)3-8(4-7(11)12)15(13,14)5-1-2-5/h5H,1-4H2,(H,9,10)(H,11,12). The van der Waals surface area contributed by atoms with Gasteiger partial charge >= 0.3 is 11.9 Å².